The lowest BCUT2D eigenvalue weighted by molar-refractivity contribution is 0.0639. The van der Waals surface area contributed by atoms with Crippen molar-refractivity contribution in [1.82, 2.24) is 4.90 Å². The largest absolute Gasteiger partial charge is 0.335 e. The standard InChI is InChI=1S/C17H27NOS/c1-6-14(7-2)18(11-12(3)4)17(19)16-10-15(20)9-8-13(16)5/h8-10,12,14,20H,6-7,11H2,1-5H3. The van der Waals surface area contributed by atoms with Crippen LogP contribution in [0.25, 0.3) is 0 Å². The Balaban J connectivity index is 3.12. The van der Waals surface area contributed by atoms with Gasteiger partial charge in [0.2, 0.25) is 0 Å². The summed E-state index contributed by atoms with van der Waals surface area (Å²) in [6, 6.07) is 6.10. The van der Waals surface area contributed by atoms with Gasteiger partial charge in [-0.1, -0.05) is 33.8 Å². The molecule has 0 bridgehead atoms. The molecule has 0 heterocycles. The number of carbonyl (C=O) groups excluding carboxylic acids is 1. The normalized spacial score (nSPS) is 11.2. The Morgan fingerprint density at radius 2 is 1.85 bits per heavy atom. The summed E-state index contributed by atoms with van der Waals surface area (Å²) in [5.41, 5.74) is 1.80. The number of amides is 1. The molecule has 0 saturated heterocycles. The first-order valence-corrected chi connectivity index (χ1v) is 7.95. The van der Waals surface area contributed by atoms with Crippen molar-refractivity contribution < 1.29 is 4.79 Å². The van der Waals surface area contributed by atoms with Gasteiger partial charge in [0.15, 0.2) is 0 Å². The van der Waals surface area contributed by atoms with Gasteiger partial charge < -0.3 is 4.90 Å². The molecule has 1 aromatic carbocycles. The number of nitrogens with zero attached hydrogens (tertiary/aromatic N) is 1. The fourth-order valence-corrected chi connectivity index (χ4v) is 2.72. The van der Waals surface area contributed by atoms with E-state index in [1.54, 1.807) is 0 Å². The van der Waals surface area contributed by atoms with Gasteiger partial charge in [0.25, 0.3) is 5.91 Å². The van der Waals surface area contributed by atoms with Crippen LogP contribution in [0.5, 0.6) is 0 Å². The fourth-order valence-electron chi connectivity index (χ4n) is 2.52. The Morgan fingerprint density at radius 3 is 2.35 bits per heavy atom. The first-order valence-electron chi connectivity index (χ1n) is 7.51. The second-order valence-electron chi connectivity index (χ2n) is 5.82. The molecule has 0 aliphatic heterocycles. The van der Waals surface area contributed by atoms with Crippen LogP contribution in [0.4, 0.5) is 0 Å². The van der Waals surface area contributed by atoms with Gasteiger partial charge in [-0.3, -0.25) is 4.79 Å². The number of thiol groups is 1. The highest BCUT2D eigenvalue weighted by Crippen LogP contribution is 2.20. The number of carbonyl (C=O) groups is 1. The summed E-state index contributed by atoms with van der Waals surface area (Å²) in [6.45, 7) is 11.4. The molecule has 112 valence electrons. The number of benzene rings is 1. The maximum atomic E-state index is 12.9. The molecule has 1 aromatic rings. The topological polar surface area (TPSA) is 20.3 Å². The van der Waals surface area contributed by atoms with E-state index in [0.29, 0.717) is 12.0 Å². The maximum Gasteiger partial charge on any atom is 0.254 e. The van der Waals surface area contributed by atoms with Crippen LogP contribution >= 0.6 is 12.6 Å². The van der Waals surface area contributed by atoms with Gasteiger partial charge in [-0.25, -0.2) is 0 Å². The van der Waals surface area contributed by atoms with E-state index in [-0.39, 0.29) is 5.91 Å². The molecule has 1 rings (SSSR count). The van der Waals surface area contributed by atoms with Gasteiger partial charge in [-0.05, 0) is 43.4 Å². The van der Waals surface area contributed by atoms with Crippen molar-refractivity contribution in [2.24, 2.45) is 5.92 Å². The van der Waals surface area contributed by atoms with Crippen molar-refractivity contribution in [3.8, 4) is 0 Å². The Morgan fingerprint density at radius 1 is 1.25 bits per heavy atom. The van der Waals surface area contributed by atoms with Gasteiger partial charge in [-0.2, -0.15) is 0 Å². The van der Waals surface area contributed by atoms with Crippen LogP contribution in [0.15, 0.2) is 23.1 Å². The molecule has 0 aliphatic carbocycles. The first kappa shape index (κ1) is 17.1. The number of aryl methyl sites for hydroxylation is 1. The summed E-state index contributed by atoms with van der Waals surface area (Å²) in [7, 11) is 0. The summed E-state index contributed by atoms with van der Waals surface area (Å²) in [6.07, 6.45) is 1.99. The summed E-state index contributed by atoms with van der Waals surface area (Å²) in [5, 5.41) is 0. The van der Waals surface area contributed by atoms with Gasteiger partial charge in [0, 0.05) is 23.0 Å². The fraction of sp³-hybridized carbons (Fsp3) is 0.588. The summed E-state index contributed by atoms with van der Waals surface area (Å²) in [4.78, 5) is 15.8. The van der Waals surface area contributed by atoms with Gasteiger partial charge in [-0.15, -0.1) is 12.6 Å². The van der Waals surface area contributed by atoms with Crippen molar-refractivity contribution in [2.75, 3.05) is 6.54 Å². The van der Waals surface area contributed by atoms with E-state index in [9.17, 15) is 4.79 Å². The first-order chi connectivity index (χ1) is 9.40. The summed E-state index contributed by atoms with van der Waals surface area (Å²) < 4.78 is 0. The van der Waals surface area contributed by atoms with E-state index >= 15 is 0 Å². The molecule has 0 unspecified atom stereocenters. The molecular weight excluding hydrogens is 266 g/mol. The molecule has 3 heteroatoms. The lowest BCUT2D eigenvalue weighted by atomic mass is 10.0. The highest BCUT2D eigenvalue weighted by molar-refractivity contribution is 7.80. The van der Waals surface area contributed by atoms with Crippen molar-refractivity contribution >= 4 is 18.5 Å². The molecule has 0 aromatic heterocycles. The Labute approximate surface area is 129 Å². The summed E-state index contributed by atoms with van der Waals surface area (Å²) >= 11 is 4.36. The molecule has 2 nitrogen and oxygen atoms in total. The van der Waals surface area contributed by atoms with E-state index in [0.717, 1.165) is 35.4 Å². The third-order valence-electron chi connectivity index (χ3n) is 3.66. The van der Waals surface area contributed by atoms with Crippen LogP contribution in [0, 0.1) is 12.8 Å². The molecule has 0 aliphatic rings. The van der Waals surface area contributed by atoms with Gasteiger partial charge in [0.05, 0.1) is 0 Å². The third-order valence-corrected chi connectivity index (χ3v) is 3.94. The lowest BCUT2D eigenvalue weighted by Crippen LogP contribution is -2.42. The zero-order chi connectivity index (χ0) is 15.3. The smallest absolute Gasteiger partial charge is 0.254 e. The molecule has 0 radical (unpaired) electrons. The molecular formula is C17H27NOS. The van der Waals surface area contributed by atoms with Crippen molar-refractivity contribution in [1.29, 1.82) is 0 Å². The predicted molar refractivity (Wildman–Crippen MR) is 88.7 cm³/mol. The number of hydrogen-bond donors (Lipinski definition) is 1. The average molecular weight is 293 g/mol. The Bertz CT molecular complexity index is 452. The zero-order valence-electron chi connectivity index (χ0n) is 13.3. The minimum Gasteiger partial charge on any atom is -0.335 e. The molecule has 0 saturated carbocycles. The third kappa shape index (κ3) is 4.27. The van der Waals surface area contributed by atoms with E-state index in [4.69, 9.17) is 0 Å². The van der Waals surface area contributed by atoms with E-state index in [1.165, 1.54) is 0 Å². The molecule has 20 heavy (non-hydrogen) atoms. The lowest BCUT2D eigenvalue weighted by Gasteiger charge is -2.32. The monoisotopic (exact) mass is 293 g/mol. The van der Waals surface area contributed by atoms with Crippen LogP contribution < -0.4 is 0 Å². The zero-order valence-corrected chi connectivity index (χ0v) is 14.2. The summed E-state index contributed by atoms with van der Waals surface area (Å²) in [5.74, 6) is 0.611. The van der Waals surface area contributed by atoms with Gasteiger partial charge in [0.1, 0.15) is 0 Å². The molecule has 0 spiro atoms. The van der Waals surface area contributed by atoms with Crippen LogP contribution in [0.1, 0.15) is 56.5 Å². The average Bonchev–Trinajstić information content (AvgIpc) is 2.40. The van der Waals surface area contributed by atoms with Crippen LogP contribution in [-0.4, -0.2) is 23.4 Å². The molecule has 0 N–H and O–H groups in total. The van der Waals surface area contributed by atoms with Crippen LogP contribution in [0.2, 0.25) is 0 Å². The minimum absolute atomic E-state index is 0.140. The highest BCUT2D eigenvalue weighted by Gasteiger charge is 2.24. The number of hydrogen-bond acceptors (Lipinski definition) is 2. The molecule has 1 amide bonds. The van der Waals surface area contributed by atoms with Crippen LogP contribution in [0.3, 0.4) is 0 Å². The predicted octanol–water partition coefficient (Wildman–Crippen LogP) is 4.57. The van der Waals surface area contributed by atoms with E-state index in [1.807, 2.05) is 30.0 Å². The number of rotatable bonds is 6. The Kier molecular flexibility index (Phi) is 6.60. The van der Waals surface area contributed by atoms with Crippen molar-refractivity contribution in [2.45, 2.75) is 58.4 Å². The van der Waals surface area contributed by atoms with Gasteiger partial charge >= 0.3 is 0 Å². The molecule has 0 atom stereocenters. The SMILES string of the molecule is CCC(CC)N(CC(C)C)C(=O)c1cc(S)ccc1C. The second-order valence-corrected chi connectivity index (χ2v) is 6.34. The van der Waals surface area contributed by atoms with E-state index < -0.39 is 0 Å². The van der Waals surface area contributed by atoms with Crippen molar-refractivity contribution in [3.05, 3.63) is 29.3 Å². The Hall–Kier alpha value is -0.960. The molecule has 0 fully saturated rings. The second kappa shape index (κ2) is 7.72. The quantitative estimate of drug-likeness (QED) is 0.762. The minimum atomic E-state index is 0.140. The maximum absolute atomic E-state index is 12.9. The van der Waals surface area contributed by atoms with Crippen molar-refractivity contribution in [3.63, 3.8) is 0 Å². The van der Waals surface area contributed by atoms with Crippen LogP contribution in [-0.2, 0) is 0 Å². The highest BCUT2D eigenvalue weighted by atomic mass is 32.1. The van der Waals surface area contributed by atoms with E-state index in [2.05, 4.69) is 40.3 Å².